The Morgan fingerprint density at radius 2 is 1.88 bits per heavy atom. The fraction of sp³-hybridized carbons (Fsp3) is 1.00. The number of hydrogen-bond donors (Lipinski definition) is 1. The van der Waals surface area contributed by atoms with Gasteiger partial charge < -0.3 is 10.2 Å². The number of rotatable bonds is 6. The monoisotopic (exact) mass is 241 g/mol. The lowest BCUT2D eigenvalue weighted by Gasteiger charge is -2.29. The van der Waals surface area contributed by atoms with Gasteiger partial charge >= 0.3 is 0 Å². The van der Waals surface area contributed by atoms with Crippen LogP contribution >= 0.6 is 0 Å². The lowest BCUT2D eigenvalue weighted by atomic mass is 10.2. The molecular weight excluding hydrogens is 210 g/mol. The Morgan fingerprint density at radius 3 is 2.59 bits per heavy atom. The van der Waals surface area contributed by atoms with Crippen molar-refractivity contribution in [2.24, 2.45) is 0 Å². The van der Waals surface area contributed by atoms with Gasteiger partial charge in [0.25, 0.3) is 0 Å². The van der Waals surface area contributed by atoms with Crippen molar-refractivity contribution < 1.29 is 0 Å². The van der Waals surface area contributed by atoms with Crippen LogP contribution < -0.4 is 5.32 Å². The van der Waals surface area contributed by atoms with Crippen LogP contribution in [0.25, 0.3) is 0 Å². The summed E-state index contributed by atoms with van der Waals surface area (Å²) in [7, 11) is 2.23. The van der Waals surface area contributed by atoms with E-state index in [1.165, 1.54) is 45.4 Å². The van der Waals surface area contributed by atoms with Crippen molar-refractivity contribution in [2.75, 3.05) is 39.8 Å². The third-order valence-corrected chi connectivity index (χ3v) is 3.86. The first kappa shape index (κ1) is 14.9. The molecule has 0 aliphatic carbocycles. The van der Waals surface area contributed by atoms with Crippen molar-refractivity contribution >= 4 is 0 Å². The predicted molar refractivity (Wildman–Crippen MR) is 75.5 cm³/mol. The maximum Gasteiger partial charge on any atom is 0.0193 e. The maximum absolute atomic E-state index is 3.66. The van der Waals surface area contributed by atoms with Crippen molar-refractivity contribution in [2.45, 2.75) is 52.1 Å². The summed E-state index contributed by atoms with van der Waals surface area (Å²) >= 11 is 0. The van der Waals surface area contributed by atoms with Gasteiger partial charge in [-0.05, 0) is 46.8 Å². The SMILES string of the molecule is CCCC(C)NCC(C)N1CCCN(C)CC1. The fourth-order valence-corrected chi connectivity index (χ4v) is 2.54. The third-order valence-electron chi connectivity index (χ3n) is 3.86. The Morgan fingerprint density at radius 1 is 1.12 bits per heavy atom. The molecule has 0 aromatic carbocycles. The molecule has 1 saturated heterocycles. The minimum atomic E-state index is 0.664. The molecule has 3 heteroatoms. The molecule has 1 rings (SSSR count). The van der Waals surface area contributed by atoms with Gasteiger partial charge in [0.2, 0.25) is 0 Å². The van der Waals surface area contributed by atoms with Crippen LogP contribution in [0, 0.1) is 0 Å². The third kappa shape index (κ3) is 5.84. The van der Waals surface area contributed by atoms with Crippen LogP contribution in [0.3, 0.4) is 0 Å². The molecule has 1 fully saturated rings. The van der Waals surface area contributed by atoms with Gasteiger partial charge in [0.1, 0.15) is 0 Å². The summed E-state index contributed by atoms with van der Waals surface area (Å²) in [6.45, 7) is 13.0. The van der Waals surface area contributed by atoms with E-state index in [0.29, 0.717) is 12.1 Å². The van der Waals surface area contributed by atoms with Gasteiger partial charge in [-0.15, -0.1) is 0 Å². The summed E-state index contributed by atoms with van der Waals surface area (Å²) < 4.78 is 0. The van der Waals surface area contributed by atoms with Crippen molar-refractivity contribution in [1.82, 2.24) is 15.1 Å². The molecule has 2 atom stereocenters. The molecule has 0 aromatic heterocycles. The Hall–Kier alpha value is -0.120. The normalized spacial score (nSPS) is 23.3. The van der Waals surface area contributed by atoms with E-state index in [0.717, 1.165) is 6.54 Å². The Bertz CT molecular complexity index is 196. The summed E-state index contributed by atoms with van der Waals surface area (Å²) in [5.41, 5.74) is 0. The number of hydrogen-bond acceptors (Lipinski definition) is 3. The van der Waals surface area contributed by atoms with Gasteiger partial charge in [-0.1, -0.05) is 13.3 Å². The largest absolute Gasteiger partial charge is 0.313 e. The second-order valence-electron chi connectivity index (χ2n) is 5.64. The zero-order valence-corrected chi connectivity index (χ0v) is 12.2. The highest BCUT2D eigenvalue weighted by Gasteiger charge is 2.17. The van der Waals surface area contributed by atoms with Crippen LogP contribution in [0.2, 0.25) is 0 Å². The van der Waals surface area contributed by atoms with E-state index in [1.54, 1.807) is 0 Å². The van der Waals surface area contributed by atoms with Crippen LogP contribution in [-0.2, 0) is 0 Å². The number of nitrogens with zero attached hydrogens (tertiary/aromatic N) is 2. The van der Waals surface area contributed by atoms with Gasteiger partial charge in [-0.2, -0.15) is 0 Å². The van der Waals surface area contributed by atoms with Gasteiger partial charge in [-0.3, -0.25) is 4.90 Å². The number of nitrogens with one attached hydrogen (secondary N) is 1. The summed E-state index contributed by atoms with van der Waals surface area (Å²) in [5.74, 6) is 0. The first-order valence-electron chi connectivity index (χ1n) is 7.29. The van der Waals surface area contributed by atoms with Gasteiger partial charge in [0, 0.05) is 31.7 Å². The average Bonchev–Trinajstić information content (AvgIpc) is 2.51. The van der Waals surface area contributed by atoms with Crippen LogP contribution in [-0.4, -0.2) is 61.7 Å². The molecule has 0 spiro atoms. The highest BCUT2D eigenvalue weighted by atomic mass is 15.2. The van der Waals surface area contributed by atoms with Gasteiger partial charge in [0.15, 0.2) is 0 Å². The van der Waals surface area contributed by atoms with Crippen molar-refractivity contribution in [1.29, 1.82) is 0 Å². The smallest absolute Gasteiger partial charge is 0.0193 e. The summed E-state index contributed by atoms with van der Waals surface area (Å²) in [6, 6.07) is 1.33. The maximum atomic E-state index is 3.66. The first-order valence-corrected chi connectivity index (χ1v) is 7.29. The van der Waals surface area contributed by atoms with E-state index in [1.807, 2.05) is 0 Å². The van der Waals surface area contributed by atoms with Crippen molar-refractivity contribution in [3.8, 4) is 0 Å². The minimum Gasteiger partial charge on any atom is -0.313 e. The second kappa shape index (κ2) is 8.06. The molecular formula is C14H31N3. The van der Waals surface area contributed by atoms with E-state index >= 15 is 0 Å². The molecule has 1 aliphatic heterocycles. The van der Waals surface area contributed by atoms with Crippen molar-refractivity contribution in [3.63, 3.8) is 0 Å². The van der Waals surface area contributed by atoms with Crippen LogP contribution in [0.1, 0.15) is 40.0 Å². The number of likely N-dealkylation sites (N-methyl/N-ethyl adjacent to an activating group) is 1. The molecule has 102 valence electrons. The Balaban J connectivity index is 2.24. The van der Waals surface area contributed by atoms with Crippen molar-refractivity contribution in [3.05, 3.63) is 0 Å². The molecule has 0 saturated carbocycles. The van der Waals surface area contributed by atoms with E-state index in [4.69, 9.17) is 0 Å². The van der Waals surface area contributed by atoms with Crippen LogP contribution in [0.4, 0.5) is 0 Å². The second-order valence-corrected chi connectivity index (χ2v) is 5.64. The molecule has 0 bridgehead atoms. The van der Waals surface area contributed by atoms with Crippen LogP contribution in [0.15, 0.2) is 0 Å². The quantitative estimate of drug-likeness (QED) is 0.765. The topological polar surface area (TPSA) is 18.5 Å². The predicted octanol–water partition coefficient (Wildman–Crippen LogP) is 1.79. The standard InChI is InChI=1S/C14H31N3/c1-5-7-13(2)15-12-14(3)17-9-6-8-16(4)10-11-17/h13-15H,5-12H2,1-4H3. The molecule has 1 aliphatic rings. The highest BCUT2D eigenvalue weighted by molar-refractivity contribution is 4.75. The molecule has 2 unspecified atom stereocenters. The first-order chi connectivity index (χ1) is 8.13. The zero-order chi connectivity index (χ0) is 12.7. The van der Waals surface area contributed by atoms with E-state index in [2.05, 4.69) is 42.9 Å². The lowest BCUT2D eigenvalue weighted by Crippen LogP contribution is -2.44. The lowest BCUT2D eigenvalue weighted by molar-refractivity contribution is 0.206. The zero-order valence-electron chi connectivity index (χ0n) is 12.2. The molecule has 0 aromatic rings. The summed E-state index contributed by atoms with van der Waals surface area (Å²) in [6.07, 6.45) is 3.87. The minimum absolute atomic E-state index is 0.664. The van der Waals surface area contributed by atoms with Gasteiger partial charge in [-0.25, -0.2) is 0 Å². The van der Waals surface area contributed by atoms with E-state index in [9.17, 15) is 0 Å². The molecule has 1 N–H and O–H groups in total. The molecule has 0 radical (unpaired) electrons. The van der Waals surface area contributed by atoms with Crippen LogP contribution in [0.5, 0.6) is 0 Å². The van der Waals surface area contributed by atoms with Gasteiger partial charge in [0.05, 0.1) is 0 Å². The summed E-state index contributed by atoms with van der Waals surface area (Å²) in [4.78, 5) is 5.08. The Kier molecular flexibility index (Phi) is 7.09. The Labute approximate surface area is 108 Å². The molecule has 17 heavy (non-hydrogen) atoms. The molecule has 0 amide bonds. The fourth-order valence-electron chi connectivity index (χ4n) is 2.54. The average molecular weight is 241 g/mol. The highest BCUT2D eigenvalue weighted by Crippen LogP contribution is 2.06. The molecule has 3 nitrogen and oxygen atoms in total. The molecule has 1 heterocycles. The summed E-state index contributed by atoms with van der Waals surface area (Å²) in [5, 5.41) is 3.66. The van der Waals surface area contributed by atoms with E-state index in [-0.39, 0.29) is 0 Å². The van der Waals surface area contributed by atoms with E-state index < -0.39 is 0 Å².